The van der Waals surface area contributed by atoms with Crippen LogP contribution in [0.25, 0.3) is 0 Å². The standard InChI is InChI=1S/C8H9F3N2/c1-13(12)7-4-2-3-6(5-7)8(9,10)11/h2-5H,12H2,1H3. The summed E-state index contributed by atoms with van der Waals surface area (Å²) in [4.78, 5) is 0. The van der Waals surface area contributed by atoms with Crippen LogP contribution in [0.1, 0.15) is 5.56 Å². The van der Waals surface area contributed by atoms with Gasteiger partial charge >= 0.3 is 6.18 Å². The number of nitrogens with zero attached hydrogens (tertiary/aromatic N) is 1. The molecular weight excluding hydrogens is 181 g/mol. The van der Waals surface area contributed by atoms with E-state index in [0.717, 1.165) is 17.1 Å². The summed E-state index contributed by atoms with van der Waals surface area (Å²) in [7, 11) is 1.48. The summed E-state index contributed by atoms with van der Waals surface area (Å²) in [5.74, 6) is 5.29. The highest BCUT2D eigenvalue weighted by Gasteiger charge is 2.30. The van der Waals surface area contributed by atoms with Crippen LogP contribution in [-0.4, -0.2) is 7.05 Å². The SMILES string of the molecule is CN(N)c1cccc(C(F)(F)F)c1. The minimum Gasteiger partial charge on any atom is -0.314 e. The van der Waals surface area contributed by atoms with Crippen molar-refractivity contribution in [2.45, 2.75) is 6.18 Å². The van der Waals surface area contributed by atoms with Crippen LogP contribution in [-0.2, 0) is 6.18 Å². The maximum absolute atomic E-state index is 12.2. The lowest BCUT2D eigenvalue weighted by atomic mass is 10.2. The van der Waals surface area contributed by atoms with Crippen LogP contribution in [0, 0.1) is 0 Å². The van der Waals surface area contributed by atoms with Gasteiger partial charge in [0.05, 0.1) is 11.3 Å². The van der Waals surface area contributed by atoms with Gasteiger partial charge in [0, 0.05) is 7.05 Å². The molecule has 0 fully saturated rings. The van der Waals surface area contributed by atoms with E-state index in [0.29, 0.717) is 5.69 Å². The first-order chi connectivity index (χ1) is 5.91. The largest absolute Gasteiger partial charge is 0.416 e. The zero-order valence-electron chi connectivity index (χ0n) is 6.97. The molecule has 1 rings (SSSR count). The lowest BCUT2D eigenvalue weighted by molar-refractivity contribution is -0.137. The van der Waals surface area contributed by atoms with Gasteiger partial charge in [-0.05, 0) is 18.2 Å². The van der Waals surface area contributed by atoms with Gasteiger partial charge in [0.25, 0.3) is 0 Å². The summed E-state index contributed by atoms with van der Waals surface area (Å²) in [6.07, 6.45) is -4.31. The molecule has 0 aliphatic heterocycles. The second-order valence-electron chi connectivity index (χ2n) is 2.66. The lowest BCUT2D eigenvalue weighted by Crippen LogP contribution is -2.25. The van der Waals surface area contributed by atoms with E-state index in [1.54, 1.807) is 0 Å². The molecule has 0 atom stereocenters. The molecule has 2 N–H and O–H groups in total. The Morgan fingerprint density at radius 1 is 1.31 bits per heavy atom. The Morgan fingerprint density at radius 3 is 2.38 bits per heavy atom. The van der Waals surface area contributed by atoms with Gasteiger partial charge in [-0.25, -0.2) is 5.84 Å². The second kappa shape index (κ2) is 3.26. The summed E-state index contributed by atoms with van der Waals surface area (Å²) in [5.41, 5.74) is -0.364. The Kier molecular flexibility index (Phi) is 2.47. The molecule has 0 radical (unpaired) electrons. The predicted molar refractivity (Wildman–Crippen MR) is 44.0 cm³/mol. The lowest BCUT2D eigenvalue weighted by Gasteiger charge is -2.14. The van der Waals surface area contributed by atoms with Gasteiger partial charge in [-0.15, -0.1) is 0 Å². The summed E-state index contributed by atoms with van der Waals surface area (Å²) in [6.45, 7) is 0. The first kappa shape index (κ1) is 9.85. The van der Waals surface area contributed by atoms with Gasteiger partial charge in [-0.3, -0.25) is 0 Å². The fraction of sp³-hybridized carbons (Fsp3) is 0.250. The topological polar surface area (TPSA) is 29.3 Å². The van der Waals surface area contributed by atoms with Gasteiger partial charge in [0.1, 0.15) is 0 Å². The number of halogens is 3. The molecular formula is C8H9F3N2. The van der Waals surface area contributed by atoms with Crippen molar-refractivity contribution < 1.29 is 13.2 Å². The van der Waals surface area contributed by atoms with Crippen molar-refractivity contribution >= 4 is 5.69 Å². The second-order valence-corrected chi connectivity index (χ2v) is 2.66. The number of hydrogen-bond donors (Lipinski definition) is 1. The molecule has 72 valence electrons. The molecule has 0 unspecified atom stereocenters. The van der Waals surface area contributed by atoms with Gasteiger partial charge in [0.2, 0.25) is 0 Å². The van der Waals surface area contributed by atoms with E-state index in [9.17, 15) is 13.2 Å². The van der Waals surface area contributed by atoms with Gasteiger partial charge in [0.15, 0.2) is 0 Å². The number of hydrogen-bond acceptors (Lipinski definition) is 2. The molecule has 13 heavy (non-hydrogen) atoms. The van der Waals surface area contributed by atoms with Crippen molar-refractivity contribution in [3.05, 3.63) is 29.8 Å². The highest BCUT2D eigenvalue weighted by atomic mass is 19.4. The average molecular weight is 190 g/mol. The van der Waals surface area contributed by atoms with Crippen LogP contribution in [0.15, 0.2) is 24.3 Å². The smallest absolute Gasteiger partial charge is 0.314 e. The molecule has 0 heterocycles. The zero-order chi connectivity index (χ0) is 10.1. The molecule has 0 amide bonds. The van der Waals surface area contributed by atoms with Gasteiger partial charge in [-0.1, -0.05) is 6.07 Å². The molecule has 0 aliphatic carbocycles. The number of benzene rings is 1. The number of nitrogens with two attached hydrogens (primary N) is 1. The maximum atomic E-state index is 12.2. The first-order valence-electron chi connectivity index (χ1n) is 3.57. The van der Waals surface area contributed by atoms with Crippen molar-refractivity contribution in [3.63, 3.8) is 0 Å². The highest BCUT2D eigenvalue weighted by molar-refractivity contribution is 5.47. The molecule has 0 spiro atoms. The number of anilines is 1. The molecule has 0 aromatic heterocycles. The Labute approximate surface area is 73.7 Å². The Balaban J connectivity index is 3.06. The van der Waals surface area contributed by atoms with Crippen molar-refractivity contribution in [2.24, 2.45) is 5.84 Å². The van der Waals surface area contributed by atoms with E-state index in [4.69, 9.17) is 5.84 Å². The predicted octanol–water partition coefficient (Wildman–Crippen LogP) is 2.02. The van der Waals surface area contributed by atoms with Crippen molar-refractivity contribution in [1.29, 1.82) is 0 Å². The molecule has 0 bridgehead atoms. The normalized spacial score (nSPS) is 11.5. The van der Waals surface area contributed by atoms with Crippen LogP contribution >= 0.6 is 0 Å². The molecule has 0 aliphatic rings. The van der Waals surface area contributed by atoms with Crippen molar-refractivity contribution in [2.75, 3.05) is 12.1 Å². The minimum absolute atomic E-state index is 0.329. The molecule has 1 aromatic carbocycles. The number of rotatable bonds is 1. The Bertz CT molecular complexity index is 294. The molecule has 2 nitrogen and oxygen atoms in total. The molecule has 0 saturated heterocycles. The van der Waals surface area contributed by atoms with Crippen LogP contribution in [0.4, 0.5) is 18.9 Å². The molecule has 1 aromatic rings. The number of alkyl halides is 3. The molecule has 5 heteroatoms. The fourth-order valence-corrected chi connectivity index (χ4v) is 0.902. The van der Waals surface area contributed by atoms with Gasteiger partial charge < -0.3 is 5.01 Å². The van der Waals surface area contributed by atoms with Gasteiger partial charge in [-0.2, -0.15) is 13.2 Å². The van der Waals surface area contributed by atoms with E-state index in [2.05, 4.69) is 0 Å². The first-order valence-corrected chi connectivity index (χ1v) is 3.57. The monoisotopic (exact) mass is 190 g/mol. The summed E-state index contributed by atoms with van der Waals surface area (Å²) < 4.78 is 36.5. The van der Waals surface area contributed by atoms with Crippen LogP contribution < -0.4 is 10.9 Å². The average Bonchev–Trinajstić information content (AvgIpc) is 2.03. The third-order valence-corrected chi connectivity index (χ3v) is 1.58. The van der Waals surface area contributed by atoms with E-state index < -0.39 is 11.7 Å². The Hall–Kier alpha value is -1.23. The van der Waals surface area contributed by atoms with Crippen molar-refractivity contribution in [1.82, 2.24) is 0 Å². The quantitative estimate of drug-likeness (QED) is 0.542. The minimum atomic E-state index is -4.31. The molecule has 0 saturated carbocycles. The highest BCUT2D eigenvalue weighted by Crippen LogP contribution is 2.30. The van der Waals surface area contributed by atoms with Crippen LogP contribution in [0.2, 0.25) is 0 Å². The van der Waals surface area contributed by atoms with E-state index >= 15 is 0 Å². The summed E-state index contributed by atoms with van der Waals surface area (Å²) >= 11 is 0. The maximum Gasteiger partial charge on any atom is 0.416 e. The van der Waals surface area contributed by atoms with E-state index in [1.807, 2.05) is 0 Å². The van der Waals surface area contributed by atoms with E-state index in [-0.39, 0.29) is 0 Å². The fourth-order valence-electron chi connectivity index (χ4n) is 0.902. The van der Waals surface area contributed by atoms with Crippen molar-refractivity contribution in [3.8, 4) is 0 Å². The summed E-state index contributed by atoms with van der Waals surface area (Å²) in [5, 5.41) is 1.13. The third-order valence-electron chi connectivity index (χ3n) is 1.58. The van der Waals surface area contributed by atoms with E-state index in [1.165, 1.54) is 19.2 Å². The zero-order valence-corrected chi connectivity index (χ0v) is 6.97. The van der Waals surface area contributed by atoms with Crippen LogP contribution in [0.3, 0.4) is 0 Å². The third kappa shape index (κ3) is 2.35. The Morgan fingerprint density at radius 2 is 1.92 bits per heavy atom. The number of hydrazine groups is 1. The summed E-state index contributed by atoms with van der Waals surface area (Å²) in [6, 6.07) is 4.84. The van der Waals surface area contributed by atoms with Crippen LogP contribution in [0.5, 0.6) is 0 Å².